The van der Waals surface area contributed by atoms with E-state index in [1.807, 2.05) is 37.3 Å². The summed E-state index contributed by atoms with van der Waals surface area (Å²) < 4.78 is 39.9. The zero-order valence-electron chi connectivity index (χ0n) is 19.9. The highest BCUT2D eigenvalue weighted by Gasteiger charge is 2.31. The summed E-state index contributed by atoms with van der Waals surface area (Å²) in [5, 5.41) is 19.2. The molecular formula is C29H26F2N2O3. The van der Waals surface area contributed by atoms with Gasteiger partial charge in [0.2, 0.25) is 0 Å². The van der Waals surface area contributed by atoms with Gasteiger partial charge in [-0.3, -0.25) is 9.29 Å². The molecule has 5 rings (SSSR count). The largest absolute Gasteiger partial charge is 0.508 e. The van der Waals surface area contributed by atoms with E-state index >= 15 is 4.39 Å². The van der Waals surface area contributed by atoms with E-state index in [0.717, 1.165) is 30.8 Å². The lowest BCUT2D eigenvalue weighted by Crippen LogP contribution is -2.49. The molecule has 1 saturated heterocycles. The zero-order chi connectivity index (χ0) is 25.2. The Bertz CT molecular complexity index is 1340. The van der Waals surface area contributed by atoms with Gasteiger partial charge in [-0.25, -0.2) is 4.39 Å². The van der Waals surface area contributed by atoms with Gasteiger partial charge in [-0.1, -0.05) is 18.2 Å². The minimum absolute atomic E-state index is 0.0924. The summed E-state index contributed by atoms with van der Waals surface area (Å²) in [4.78, 5) is 2.16. The van der Waals surface area contributed by atoms with E-state index in [9.17, 15) is 9.50 Å². The molecule has 1 unspecified atom stereocenters. The quantitative estimate of drug-likeness (QED) is 0.459. The first-order valence-electron chi connectivity index (χ1n) is 11.9. The highest BCUT2D eigenvalue weighted by Crippen LogP contribution is 2.48. The number of benzene rings is 3. The topological polar surface area (TPSA) is 65.7 Å². The summed E-state index contributed by atoms with van der Waals surface area (Å²) in [5.74, 6) is 1.03. The maximum atomic E-state index is 15.2. The van der Waals surface area contributed by atoms with Gasteiger partial charge in [-0.15, -0.1) is 0 Å². The summed E-state index contributed by atoms with van der Waals surface area (Å²) in [5.41, 5.74) is 3.48. The van der Waals surface area contributed by atoms with Gasteiger partial charge in [0.1, 0.15) is 35.8 Å². The Morgan fingerprint density at radius 2 is 1.86 bits per heavy atom. The molecule has 0 aliphatic carbocycles. The average molecular weight is 489 g/mol. The van der Waals surface area contributed by atoms with Crippen molar-refractivity contribution in [2.45, 2.75) is 13.0 Å². The van der Waals surface area contributed by atoms with Crippen molar-refractivity contribution in [2.24, 2.45) is 5.92 Å². The second kappa shape index (κ2) is 10.00. The number of nitriles is 1. The molecule has 3 aromatic carbocycles. The van der Waals surface area contributed by atoms with Crippen LogP contribution in [-0.4, -0.2) is 42.9 Å². The minimum Gasteiger partial charge on any atom is -0.508 e. The van der Waals surface area contributed by atoms with Gasteiger partial charge >= 0.3 is 0 Å². The van der Waals surface area contributed by atoms with Crippen molar-refractivity contribution in [3.63, 3.8) is 0 Å². The van der Waals surface area contributed by atoms with Crippen molar-refractivity contribution >= 4 is 11.1 Å². The smallest absolute Gasteiger partial charge is 0.150 e. The molecule has 1 fully saturated rings. The minimum atomic E-state index is -0.600. The number of phenolic OH excluding ortho intramolecular Hbond substituents is 1. The van der Waals surface area contributed by atoms with Crippen LogP contribution < -0.4 is 9.47 Å². The highest BCUT2D eigenvalue weighted by molar-refractivity contribution is 5.95. The van der Waals surface area contributed by atoms with Crippen LogP contribution in [0.5, 0.6) is 17.2 Å². The molecule has 0 amide bonds. The number of ether oxygens (including phenoxy) is 2. The Balaban J connectivity index is 1.42. The van der Waals surface area contributed by atoms with Crippen molar-refractivity contribution in [1.29, 1.82) is 5.26 Å². The van der Waals surface area contributed by atoms with E-state index in [1.165, 1.54) is 6.07 Å². The van der Waals surface area contributed by atoms with Gasteiger partial charge in [0, 0.05) is 42.3 Å². The van der Waals surface area contributed by atoms with Crippen LogP contribution in [0.2, 0.25) is 0 Å². The van der Waals surface area contributed by atoms with E-state index in [-0.39, 0.29) is 23.9 Å². The Morgan fingerprint density at radius 1 is 1.08 bits per heavy atom. The van der Waals surface area contributed by atoms with Crippen LogP contribution in [0.15, 0.2) is 60.7 Å². The third kappa shape index (κ3) is 4.65. The lowest BCUT2D eigenvalue weighted by Gasteiger charge is -2.37. The van der Waals surface area contributed by atoms with Crippen molar-refractivity contribution in [2.75, 3.05) is 32.9 Å². The molecule has 1 N–H and O–H groups in total. The molecule has 0 saturated carbocycles. The third-order valence-electron chi connectivity index (χ3n) is 6.78. The number of phenols is 1. The van der Waals surface area contributed by atoms with Crippen molar-refractivity contribution in [3.8, 4) is 23.3 Å². The molecule has 7 heteroatoms. The SMILES string of the molecule is CC1=C(c2ccc(C#N)cc2F)C(c2ccc(OCCN3CC(CF)C3)cc2)Oc2ccc(O)cc21. The number of hydrogen-bond acceptors (Lipinski definition) is 5. The fourth-order valence-corrected chi connectivity index (χ4v) is 4.81. The van der Waals surface area contributed by atoms with Gasteiger partial charge in [0.15, 0.2) is 0 Å². The number of halogens is 2. The Kier molecular flexibility index (Phi) is 6.62. The summed E-state index contributed by atoms with van der Waals surface area (Å²) in [6.07, 6.45) is -0.600. The van der Waals surface area contributed by atoms with Crippen molar-refractivity contribution in [3.05, 3.63) is 88.7 Å². The van der Waals surface area contributed by atoms with Crippen LogP contribution in [0.25, 0.3) is 11.1 Å². The van der Waals surface area contributed by atoms with Crippen LogP contribution in [0, 0.1) is 23.1 Å². The number of likely N-dealkylation sites (tertiary alicyclic amines) is 1. The van der Waals surface area contributed by atoms with E-state index in [4.69, 9.17) is 14.7 Å². The van der Waals surface area contributed by atoms with Crippen LogP contribution in [0.4, 0.5) is 8.78 Å². The lowest BCUT2D eigenvalue weighted by molar-refractivity contribution is 0.0668. The van der Waals surface area contributed by atoms with E-state index in [0.29, 0.717) is 34.8 Å². The maximum Gasteiger partial charge on any atom is 0.150 e. The molecule has 0 spiro atoms. The predicted octanol–water partition coefficient (Wildman–Crippen LogP) is 5.75. The molecule has 36 heavy (non-hydrogen) atoms. The molecule has 2 heterocycles. The Morgan fingerprint density at radius 3 is 2.56 bits per heavy atom. The number of fused-ring (bicyclic) bond motifs is 1. The van der Waals surface area contributed by atoms with Crippen LogP contribution >= 0.6 is 0 Å². The number of rotatable bonds is 7. The van der Waals surface area contributed by atoms with Crippen molar-refractivity contribution < 1.29 is 23.4 Å². The molecule has 0 bridgehead atoms. The molecule has 184 valence electrons. The molecule has 5 nitrogen and oxygen atoms in total. The summed E-state index contributed by atoms with van der Waals surface area (Å²) in [6.45, 7) is 4.42. The van der Waals surface area contributed by atoms with Gasteiger partial charge in [-0.2, -0.15) is 5.26 Å². The molecular weight excluding hydrogens is 462 g/mol. The van der Waals surface area contributed by atoms with Crippen LogP contribution in [-0.2, 0) is 0 Å². The van der Waals surface area contributed by atoms with E-state index < -0.39 is 11.9 Å². The molecule has 3 aromatic rings. The van der Waals surface area contributed by atoms with Crippen LogP contribution in [0.3, 0.4) is 0 Å². The third-order valence-corrected chi connectivity index (χ3v) is 6.78. The summed E-state index contributed by atoms with van der Waals surface area (Å²) in [7, 11) is 0. The first kappa shape index (κ1) is 23.8. The van der Waals surface area contributed by atoms with E-state index in [1.54, 1.807) is 30.3 Å². The molecule has 0 radical (unpaired) electrons. The predicted molar refractivity (Wildman–Crippen MR) is 133 cm³/mol. The summed E-state index contributed by atoms with van der Waals surface area (Å²) in [6, 6.07) is 18.7. The average Bonchev–Trinajstić information content (AvgIpc) is 2.86. The Hall–Kier alpha value is -3.89. The number of allylic oxidation sites excluding steroid dienone is 1. The first-order valence-corrected chi connectivity index (χ1v) is 11.9. The van der Waals surface area contributed by atoms with Gasteiger partial charge in [0.25, 0.3) is 0 Å². The maximum absolute atomic E-state index is 15.2. The number of nitrogens with zero attached hydrogens (tertiary/aromatic N) is 2. The zero-order valence-corrected chi connectivity index (χ0v) is 19.9. The highest BCUT2D eigenvalue weighted by atomic mass is 19.1. The lowest BCUT2D eigenvalue weighted by atomic mass is 9.85. The van der Waals surface area contributed by atoms with Gasteiger partial charge in [-0.05, 0) is 60.5 Å². The molecule has 1 atom stereocenters. The molecule has 0 aromatic heterocycles. The molecule has 2 aliphatic heterocycles. The monoisotopic (exact) mass is 488 g/mol. The fraction of sp³-hybridized carbons (Fsp3) is 0.276. The van der Waals surface area contributed by atoms with Gasteiger partial charge < -0.3 is 14.6 Å². The second-order valence-corrected chi connectivity index (χ2v) is 9.22. The van der Waals surface area contributed by atoms with Gasteiger partial charge in [0.05, 0.1) is 18.3 Å². The first-order chi connectivity index (χ1) is 17.5. The number of aromatic hydroxyl groups is 1. The molecule has 2 aliphatic rings. The Labute approximate surface area is 208 Å². The number of alkyl halides is 1. The van der Waals surface area contributed by atoms with E-state index in [2.05, 4.69) is 4.90 Å². The van der Waals surface area contributed by atoms with Crippen LogP contribution in [0.1, 0.15) is 35.3 Å². The van der Waals surface area contributed by atoms with Crippen molar-refractivity contribution in [1.82, 2.24) is 4.90 Å². The summed E-state index contributed by atoms with van der Waals surface area (Å²) >= 11 is 0. The standard InChI is InChI=1S/C29H26F2N2O3/c1-18-25-13-22(34)5-9-27(25)36-29(28(18)24-8-2-19(15-32)12-26(24)31)21-3-6-23(7-4-21)35-11-10-33-16-20(14-30)17-33/h2-9,12-13,20,29,34H,10-11,14,16-17H2,1H3. The number of hydrogen-bond donors (Lipinski definition) is 1. The second-order valence-electron chi connectivity index (χ2n) is 9.22. The normalized spacial score (nSPS) is 17.7. The fourth-order valence-electron chi connectivity index (χ4n) is 4.81.